The Morgan fingerprint density at radius 2 is 2.14 bits per heavy atom. The highest BCUT2D eigenvalue weighted by molar-refractivity contribution is 6.00. The number of imidazole rings is 1. The number of ether oxygens (including phenoxy) is 1. The Kier molecular flexibility index (Phi) is 4.77. The van der Waals surface area contributed by atoms with Crippen LogP contribution in [0.2, 0.25) is 0 Å². The molecule has 0 saturated heterocycles. The van der Waals surface area contributed by atoms with Crippen LogP contribution in [0.1, 0.15) is 16.2 Å². The first-order chi connectivity index (χ1) is 10.5. The number of aryl methyl sites for hydroxylation is 1. The van der Waals surface area contributed by atoms with E-state index in [4.69, 9.17) is 10.5 Å². The van der Waals surface area contributed by atoms with Gasteiger partial charge in [0.2, 0.25) is 0 Å². The van der Waals surface area contributed by atoms with E-state index in [1.807, 2.05) is 7.05 Å². The summed E-state index contributed by atoms with van der Waals surface area (Å²) in [6.45, 7) is 0. The topological polar surface area (TPSA) is 99.2 Å². The lowest BCUT2D eigenvalue weighted by Crippen LogP contribution is -2.43. The first kappa shape index (κ1) is 15.6. The summed E-state index contributed by atoms with van der Waals surface area (Å²) in [7, 11) is 3.09. The van der Waals surface area contributed by atoms with Crippen LogP contribution >= 0.6 is 0 Å². The number of hydrogen-bond donors (Lipinski definition) is 2. The van der Waals surface area contributed by atoms with Crippen molar-refractivity contribution in [3.05, 3.63) is 48.0 Å². The quantitative estimate of drug-likeness (QED) is 0.619. The highest BCUT2D eigenvalue weighted by Crippen LogP contribution is 2.11. The number of amides is 1. The lowest BCUT2D eigenvalue weighted by atomic mass is 10.1. The second-order valence-electron chi connectivity index (χ2n) is 4.79. The average Bonchev–Trinajstić information content (AvgIpc) is 2.91. The molecule has 2 aromatic rings. The number of anilines is 1. The standard InChI is InChI=1S/C15H18N4O3/c1-19-8-7-17-13(19)9-12(15(21)22-2)18-14(20)10-5-3-4-6-11(10)16/h3-8,12H,9,16H2,1-2H3,(H,18,20). The van der Waals surface area contributed by atoms with Gasteiger partial charge in [-0.3, -0.25) is 4.79 Å². The third kappa shape index (κ3) is 3.43. The van der Waals surface area contributed by atoms with Crippen LogP contribution in [-0.4, -0.2) is 34.6 Å². The molecule has 1 heterocycles. The molecule has 116 valence electrons. The third-order valence-electron chi connectivity index (χ3n) is 3.30. The van der Waals surface area contributed by atoms with Crippen molar-refractivity contribution in [3.63, 3.8) is 0 Å². The number of nitrogens with two attached hydrogens (primary N) is 1. The van der Waals surface area contributed by atoms with Gasteiger partial charge >= 0.3 is 5.97 Å². The van der Waals surface area contributed by atoms with Crippen molar-refractivity contribution in [3.8, 4) is 0 Å². The van der Waals surface area contributed by atoms with E-state index >= 15 is 0 Å². The van der Waals surface area contributed by atoms with Crippen molar-refractivity contribution >= 4 is 17.6 Å². The van der Waals surface area contributed by atoms with Gasteiger partial charge < -0.3 is 20.4 Å². The predicted octanol–water partition coefficient (Wildman–Crippen LogP) is 0.516. The summed E-state index contributed by atoms with van der Waals surface area (Å²) in [5.74, 6) is -0.301. The van der Waals surface area contributed by atoms with Crippen molar-refractivity contribution in [2.45, 2.75) is 12.5 Å². The summed E-state index contributed by atoms with van der Waals surface area (Å²) in [5, 5.41) is 2.64. The molecule has 1 amide bonds. The van der Waals surface area contributed by atoms with Gasteiger partial charge in [0.15, 0.2) is 0 Å². The van der Waals surface area contributed by atoms with Crippen LogP contribution in [0, 0.1) is 0 Å². The van der Waals surface area contributed by atoms with Gasteiger partial charge in [0, 0.05) is 31.5 Å². The predicted molar refractivity (Wildman–Crippen MR) is 81.0 cm³/mol. The van der Waals surface area contributed by atoms with Crippen LogP contribution in [0.25, 0.3) is 0 Å². The van der Waals surface area contributed by atoms with Crippen molar-refractivity contribution in [2.75, 3.05) is 12.8 Å². The highest BCUT2D eigenvalue weighted by Gasteiger charge is 2.24. The Labute approximate surface area is 128 Å². The Morgan fingerprint density at radius 3 is 2.73 bits per heavy atom. The summed E-state index contributed by atoms with van der Waals surface area (Å²) in [5.41, 5.74) is 6.44. The molecule has 0 saturated carbocycles. The molecule has 0 aliphatic heterocycles. The number of rotatable bonds is 5. The fraction of sp³-hybridized carbons (Fsp3) is 0.267. The molecule has 0 radical (unpaired) electrons. The fourth-order valence-corrected chi connectivity index (χ4v) is 2.05. The first-order valence-corrected chi connectivity index (χ1v) is 6.72. The molecule has 0 fully saturated rings. The number of nitrogens with zero attached hydrogens (tertiary/aromatic N) is 2. The molecular formula is C15H18N4O3. The molecule has 1 aromatic carbocycles. The molecule has 0 aliphatic carbocycles. The number of carbonyl (C=O) groups is 2. The van der Waals surface area contributed by atoms with Crippen molar-refractivity contribution in [1.82, 2.24) is 14.9 Å². The van der Waals surface area contributed by atoms with Gasteiger partial charge in [-0.15, -0.1) is 0 Å². The zero-order valence-corrected chi connectivity index (χ0v) is 12.4. The average molecular weight is 302 g/mol. The number of benzene rings is 1. The number of esters is 1. The lowest BCUT2D eigenvalue weighted by molar-refractivity contribution is -0.142. The molecule has 2 rings (SSSR count). The van der Waals surface area contributed by atoms with Gasteiger partial charge in [-0.25, -0.2) is 9.78 Å². The molecular weight excluding hydrogens is 284 g/mol. The monoisotopic (exact) mass is 302 g/mol. The second kappa shape index (κ2) is 6.75. The zero-order valence-electron chi connectivity index (χ0n) is 12.4. The zero-order chi connectivity index (χ0) is 16.1. The summed E-state index contributed by atoms with van der Waals surface area (Å²) < 4.78 is 6.52. The van der Waals surface area contributed by atoms with E-state index in [1.54, 1.807) is 41.2 Å². The normalized spacial score (nSPS) is 11.7. The maximum Gasteiger partial charge on any atom is 0.328 e. The largest absolute Gasteiger partial charge is 0.467 e. The maximum atomic E-state index is 12.3. The van der Waals surface area contributed by atoms with Crippen molar-refractivity contribution in [1.29, 1.82) is 0 Å². The summed E-state index contributed by atoms with van der Waals surface area (Å²) >= 11 is 0. The molecule has 22 heavy (non-hydrogen) atoms. The minimum atomic E-state index is -0.835. The number of nitrogen functional groups attached to an aromatic ring is 1. The number of nitrogens with one attached hydrogen (secondary N) is 1. The van der Waals surface area contributed by atoms with E-state index in [0.29, 0.717) is 17.1 Å². The van der Waals surface area contributed by atoms with Crippen LogP contribution in [0.3, 0.4) is 0 Å². The molecule has 0 spiro atoms. The Balaban J connectivity index is 2.17. The Hall–Kier alpha value is -2.83. The molecule has 0 aliphatic rings. The van der Waals surface area contributed by atoms with Crippen molar-refractivity contribution < 1.29 is 14.3 Å². The van der Waals surface area contributed by atoms with Crippen molar-refractivity contribution in [2.24, 2.45) is 7.05 Å². The maximum absolute atomic E-state index is 12.3. The minimum absolute atomic E-state index is 0.231. The summed E-state index contributed by atoms with van der Waals surface area (Å²) in [6, 6.07) is 5.83. The van der Waals surface area contributed by atoms with Gasteiger partial charge in [-0.2, -0.15) is 0 Å². The van der Waals surface area contributed by atoms with Crippen LogP contribution in [0.4, 0.5) is 5.69 Å². The minimum Gasteiger partial charge on any atom is -0.467 e. The van der Waals surface area contributed by atoms with Gasteiger partial charge in [-0.1, -0.05) is 12.1 Å². The second-order valence-corrected chi connectivity index (χ2v) is 4.79. The van der Waals surface area contributed by atoms with E-state index in [0.717, 1.165) is 0 Å². The number of carbonyl (C=O) groups excluding carboxylic acids is 2. The van der Waals surface area contributed by atoms with Crippen LogP contribution in [0.5, 0.6) is 0 Å². The Bertz CT molecular complexity index is 681. The van der Waals surface area contributed by atoms with Gasteiger partial charge in [0.1, 0.15) is 11.9 Å². The molecule has 7 nitrogen and oxygen atoms in total. The molecule has 7 heteroatoms. The first-order valence-electron chi connectivity index (χ1n) is 6.72. The summed E-state index contributed by atoms with van der Waals surface area (Å²) in [6.07, 6.45) is 3.62. The molecule has 1 aromatic heterocycles. The Morgan fingerprint density at radius 1 is 1.41 bits per heavy atom. The van der Waals surface area contributed by atoms with Gasteiger partial charge in [0.05, 0.1) is 12.7 Å². The van der Waals surface area contributed by atoms with Crippen LogP contribution < -0.4 is 11.1 Å². The molecule has 0 bridgehead atoms. The van der Waals surface area contributed by atoms with E-state index in [9.17, 15) is 9.59 Å². The summed E-state index contributed by atoms with van der Waals surface area (Å²) in [4.78, 5) is 28.3. The van der Waals surface area contributed by atoms with E-state index in [-0.39, 0.29) is 6.42 Å². The van der Waals surface area contributed by atoms with Crippen LogP contribution in [-0.2, 0) is 23.0 Å². The SMILES string of the molecule is COC(=O)C(Cc1nccn1C)NC(=O)c1ccccc1N. The number of aromatic nitrogens is 2. The third-order valence-corrected chi connectivity index (χ3v) is 3.30. The number of para-hydroxylation sites is 1. The van der Waals surface area contributed by atoms with Gasteiger partial charge in [-0.05, 0) is 12.1 Å². The highest BCUT2D eigenvalue weighted by atomic mass is 16.5. The van der Waals surface area contributed by atoms with E-state index in [2.05, 4.69) is 10.3 Å². The molecule has 1 unspecified atom stereocenters. The van der Waals surface area contributed by atoms with E-state index < -0.39 is 17.9 Å². The number of methoxy groups -OCH3 is 1. The molecule has 1 atom stereocenters. The number of hydrogen-bond acceptors (Lipinski definition) is 5. The lowest BCUT2D eigenvalue weighted by Gasteiger charge is -2.17. The van der Waals surface area contributed by atoms with Crippen LogP contribution in [0.15, 0.2) is 36.7 Å². The molecule has 3 N–H and O–H groups in total. The van der Waals surface area contributed by atoms with E-state index in [1.165, 1.54) is 7.11 Å². The smallest absolute Gasteiger partial charge is 0.328 e. The van der Waals surface area contributed by atoms with Gasteiger partial charge in [0.25, 0.3) is 5.91 Å². The fourth-order valence-electron chi connectivity index (χ4n) is 2.05.